The number of hydrogen-bond acceptors (Lipinski definition) is 16. The Hall–Kier alpha value is -1.81. The van der Waals surface area contributed by atoms with Crippen LogP contribution in [0.2, 0.25) is 0 Å². The maximum absolute atomic E-state index is 12.1. The van der Waals surface area contributed by atoms with Crippen LogP contribution in [-0.4, -0.2) is 74.8 Å². The molecule has 54 heavy (non-hydrogen) atoms. The van der Waals surface area contributed by atoms with E-state index in [-0.39, 0.29) is 52.2 Å². The van der Waals surface area contributed by atoms with Gasteiger partial charge in [-0.15, -0.1) is 20.5 Å². The summed E-state index contributed by atoms with van der Waals surface area (Å²) >= 11 is 0. The van der Waals surface area contributed by atoms with Gasteiger partial charge in [0.2, 0.25) is 0 Å². The van der Waals surface area contributed by atoms with Crippen molar-refractivity contribution in [1.82, 2.24) is 39.1 Å². The van der Waals surface area contributed by atoms with Crippen molar-refractivity contribution in [2.75, 3.05) is 13.2 Å². The molecule has 0 atom stereocenters. The topological polar surface area (TPSA) is 342 Å². The molecule has 300 valence electrons. The first-order valence-electron chi connectivity index (χ1n) is 15.5. The molecule has 0 saturated heterocycles. The largest absolute Gasteiger partial charge is 2.00 e. The molecular formula is C30H50Cl2N8O12Zn2. The summed E-state index contributed by atoms with van der Waals surface area (Å²) in [7, 11) is -9.89. The minimum Gasteiger partial charge on any atom is -0.849 e. The smallest absolute Gasteiger partial charge is 0.849 e. The van der Waals surface area contributed by atoms with Gasteiger partial charge < -0.3 is 20.4 Å². The van der Waals surface area contributed by atoms with E-state index in [0.717, 1.165) is 45.6 Å². The molecule has 0 unspecified atom stereocenters. The summed E-state index contributed by atoms with van der Waals surface area (Å²) in [4.78, 5) is 0. The van der Waals surface area contributed by atoms with Crippen LogP contribution in [0, 0.1) is 75.9 Å². The van der Waals surface area contributed by atoms with Crippen LogP contribution in [-0.2, 0) is 65.1 Å². The third-order valence-electron chi connectivity index (χ3n) is 5.92. The summed E-state index contributed by atoms with van der Waals surface area (Å²) in [5, 5.41) is 56.5. The Balaban J connectivity index is -0.000000324. The number of aliphatic hydroxyl groups is 2. The van der Waals surface area contributed by atoms with Crippen molar-refractivity contribution in [3.63, 3.8) is 0 Å². The Morgan fingerprint density at radius 2 is 0.593 bits per heavy atom. The predicted molar refractivity (Wildman–Crippen MR) is 160 cm³/mol. The van der Waals surface area contributed by atoms with Gasteiger partial charge in [0.25, 0.3) is 0 Å². The monoisotopic (exact) mass is 912 g/mol. The van der Waals surface area contributed by atoms with Crippen molar-refractivity contribution in [3.05, 3.63) is 69.8 Å². The first-order chi connectivity index (χ1) is 23.7. The van der Waals surface area contributed by atoms with E-state index < -0.39 is 32.7 Å². The van der Waals surface area contributed by atoms with Crippen LogP contribution in [0.3, 0.4) is 0 Å². The SMILES string of the molecule is CCO.CCO.Cc1cc(C)n(CC([O-])Cn2nc(C)cc2C)n1.Cc1cc(C)n(CC([O-])Cn2nc(C)cc2C)n1.[O-][Cl+3]([O-])([O-])[O-].[O-][Cl+3]([O-])([O-])[O-].[Zn+2].[Zn+2]. The van der Waals surface area contributed by atoms with Gasteiger partial charge in [-0.1, -0.05) is 12.2 Å². The first-order valence-corrected chi connectivity index (χ1v) is 18.0. The van der Waals surface area contributed by atoms with Crippen LogP contribution in [0.15, 0.2) is 24.3 Å². The molecule has 0 spiro atoms. The van der Waals surface area contributed by atoms with Gasteiger partial charge in [0.1, 0.15) is 0 Å². The fourth-order valence-corrected chi connectivity index (χ4v) is 4.33. The molecule has 0 fully saturated rings. The quantitative estimate of drug-likeness (QED) is 0.155. The maximum Gasteiger partial charge on any atom is 2.00 e. The fraction of sp³-hybridized carbons (Fsp3) is 0.600. The zero-order valence-corrected chi connectivity index (χ0v) is 39.9. The van der Waals surface area contributed by atoms with Crippen molar-refractivity contribution in [2.45, 2.75) is 108 Å². The average Bonchev–Trinajstić information content (AvgIpc) is 3.64. The van der Waals surface area contributed by atoms with Crippen molar-refractivity contribution < 1.29 is 117 Å². The Labute approximate surface area is 345 Å². The van der Waals surface area contributed by atoms with E-state index in [9.17, 15) is 10.2 Å². The molecule has 0 amide bonds. The minimum absolute atomic E-state index is 0. The molecule has 0 aliphatic carbocycles. The third-order valence-corrected chi connectivity index (χ3v) is 5.92. The van der Waals surface area contributed by atoms with Crippen LogP contribution in [0.5, 0.6) is 0 Å². The molecule has 2 N–H and O–H groups in total. The number of nitrogens with zero attached hydrogens (tertiary/aromatic N) is 8. The molecule has 0 aliphatic rings. The van der Waals surface area contributed by atoms with Crippen molar-refractivity contribution in [2.24, 2.45) is 0 Å². The number of aliphatic hydroxyl groups excluding tert-OH is 2. The molecule has 4 heterocycles. The number of hydrogen-bond donors (Lipinski definition) is 2. The van der Waals surface area contributed by atoms with E-state index in [4.69, 9.17) is 47.5 Å². The number of halogens is 2. The maximum atomic E-state index is 12.1. The Morgan fingerprint density at radius 3 is 0.685 bits per heavy atom. The molecule has 0 saturated carbocycles. The molecule has 0 aromatic carbocycles. The Bertz CT molecular complexity index is 1320. The van der Waals surface area contributed by atoms with Crippen LogP contribution >= 0.6 is 0 Å². The number of aromatic nitrogens is 8. The van der Waals surface area contributed by atoms with Crippen LogP contribution in [0.1, 0.15) is 59.4 Å². The van der Waals surface area contributed by atoms with Gasteiger partial charge >= 0.3 is 39.0 Å². The van der Waals surface area contributed by atoms with E-state index >= 15 is 0 Å². The predicted octanol–water partition coefficient (Wildman–Crippen LogP) is -8.04. The van der Waals surface area contributed by atoms with Crippen molar-refractivity contribution in [3.8, 4) is 0 Å². The van der Waals surface area contributed by atoms with Gasteiger partial charge in [0.05, 0.1) is 22.8 Å². The van der Waals surface area contributed by atoms with Gasteiger partial charge in [0.15, 0.2) is 0 Å². The Kier molecular flexibility index (Phi) is 32.1. The molecule has 0 radical (unpaired) electrons. The summed E-state index contributed by atoms with van der Waals surface area (Å²) in [6, 6.07) is 7.93. The molecule has 20 nitrogen and oxygen atoms in total. The molecule has 4 aromatic heterocycles. The van der Waals surface area contributed by atoms with E-state index in [1.165, 1.54) is 0 Å². The molecule has 24 heteroatoms. The number of aryl methyl sites for hydroxylation is 8. The second-order valence-electron chi connectivity index (χ2n) is 11.1. The first kappa shape index (κ1) is 58.9. The van der Waals surface area contributed by atoms with Gasteiger partial charge in [-0.05, 0) is 93.5 Å². The van der Waals surface area contributed by atoms with Crippen molar-refractivity contribution in [1.29, 1.82) is 0 Å². The van der Waals surface area contributed by atoms with E-state index in [2.05, 4.69) is 20.4 Å². The van der Waals surface area contributed by atoms with Crippen LogP contribution in [0.4, 0.5) is 0 Å². The van der Waals surface area contributed by atoms with Gasteiger partial charge in [-0.25, -0.2) is 37.3 Å². The minimum atomic E-state index is -4.94. The summed E-state index contributed by atoms with van der Waals surface area (Å²) in [6.45, 7) is 21.0. The average molecular weight is 916 g/mol. The zero-order valence-electron chi connectivity index (χ0n) is 32.4. The van der Waals surface area contributed by atoms with E-state index in [0.29, 0.717) is 26.2 Å². The third kappa shape index (κ3) is 31.4. The summed E-state index contributed by atoms with van der Waals surface area (Å²) < 4.78 is 75.1. The fourth-order valence-electron chi connectivity index (χ4n) is 4.33. The van der Waals surface area contributed by atoms with Crippen LogP contribution < -0.4 is 47.5 Å². The summed E-state index contributed by atoms with van der Waals surface area (Å²) in [5.41, 5.74) is 7.92. The van der Waals surface area contributed by atoms with Crippen molar-refractivity contribution >= 4 is 0 Å². The summed E-state index contributed by atoms with van der Waals surface area (Å²) in [5.74, 6) is 0. The van der Waals surface area contributed by atoms with Crippen LogP contribution in [0.25, 0.3) is 0 Å². The molecule has 4 aromatic rings. The molecular weight excluding hydrogens is 866 g/mol. The normalized spacial score (nSPS) is 10.5. The van der Waals surface area contributed by atoms with E-state index in [1.807, 2.05) is 79.7 Å². The van der Waals surface area contributed by atoms with Gasteiger partial charge in [-0.3, -0.25) is 18.7 Å². The number of rotatable bonds is 8. The van der Waals surface area contributed by atoms with E-state index in [1.54, 1.807) is 32.6 Å². The zero-order chi connectivity index (χ0) is 41.0. The van der Waals surface area contributed by atoms with Gasteiger partial charge in [0, 0.05) is 62.2 Å². The molecule has 0 aliphatic heterocycles. The molecule has 0 bridgehead atoms. The summed E-state index contributed by atoms with van der Waals surface area (Å²) in [6.07, 6.45) is -1.47. The Morgan fingerprint density at radius 1 is 0.463 bits per heavy atom. The second-order valence-corrected chi connectivity index (χ2v) is 12.6. The molecule has 4 rings (SSSR count). The van der Waals surface area contributed by atoms with Gasteiger partial charge in [-0.2, -0.15) is 20.4 Å². The second kappa shape index (κ2) is 29.4. The standard InChI is InChI=1S/2C13H19N4O.2C2H6O.2ClHO4.2Zn/c2*1-9-5-11(3)16(14-9)7-13(18)8-17-12(4)6-10(2)15-17;2*1-2-3;2*2-1(3,4)5;;/h2*5-6,13H,7-8H2,1-4H3;2*3H,2H2,1H3;2*(H,2,3,4,5);;/q2*-1;;;;;2*+2/p-2.